The van der Waals surface area contributed by atoms with E-state index in [9.17, 15) is 4.79 Å². The highest BCUT2D eigenvalue weighted by Gasteiger charge is 2.02. The monoisotopic (exact) mass is 303 g/mol. The third-order valence-corrected chi connectivity index (χ3v) is 2.23. The lowest BCUT2D eigenvalue weighted by atomic mass is 10.3. The molecule has 0 bridgehead atoms. The van der Waals surface area contributed by atoms with Gasteiger partial charge in [-0.15, -0.1) is 0 Å². The maximum absolute atomic E-state index is 11.3. The van der Waals surface area contributed by atoms with Crippen LogP contribution in [-0.4, -0.2) is 32.8 Å². The van der Waals surface area contributed by atoms with Crippen molar-refractivity contribution in [1.82, 2.24) is 5.48 Å². The van der Waals surface area contributed by atoms with Crippen LogP contribution in [0.1, 0.15) is 0 Å². The van der Waals surface area contributed by atoms with Crippen molar-refractivity contribution in [3.05, 3.63) is 28.7 Å². The number of methoxy groups -OCH3 is 1. The van der Waals surface area contributed by atoms with Crippen molar-refractivity contribution in [1.29, 1.82) is 0 Å². The molecular weight excluding hydrogens is 290 g/mol. The number of halogens is 1. The molecule has 6 heteroatoms. The maximum Gasteiger partial charge on any atom is 0.281 e. The van der Waals surface area contributed by atoms with Gasteiger partial charge in [0.05, 0.1) is 13.2 Å². The van der Waals surface area contributed by atoms with Crippen LogP contribution in [0.5, 0.6) is 5.75 Å². The fraction of sp³-hybridized carbons (Fsp3) is 0.364. The molecule has 0 heterocycles. The zero-order chi connectivity index (χ0) is 12.5. The molecule has 0 aliphatic rings. The zero-order valence-corrected chi connectivity index (χ0v) is 11.0. The van der Waals surface area contributed by atoms with Crippen LogP contribution in [0.4, 0.5) is 0 Å². The van der Waals surface area contributed by atoms with Crippen LogP contribution in [0.2, 0.25) is 0 Å². The summed E-state index contributed by atoms with van der Waals surface area (Å²) in [6.45, 7) is 0.634. The summed E-state index contributed by atoms with van der Waals surface area (Å²) in [7, 11) is 1.56. The highest BCUT2D eigenvalue weighted by Crippen LogP contribution is 2.17. The van der Waals surface area contributed by atoms with Crippen LogP contribution in [0, 0.1) is 0 Å². The minimum atomic E-state index is -0.346. The topological polar surface area (TPSA) is 56.8 Å². The van der Waals surface area contributed by atoms with Crippen molar-refractivity contribution in [2.75, 3.05) is 26.9 Å². The molecule has 0 unspecified atom stereocenters. The Balaban J connectivity index is 2.19. The molecule has 0 saturated heterocycles. The average molecular weight is 304 g/mol. The molecule has 1 N–H and O–H groups in total. The van der Waals surface area contributed by atoms with Gasteiger partial charge in [-0.3, -0.25) is 9.63 Å². The lowest BCUT2D eigenvalue weighted by Crippen LogP contribution is -2.30. The van der Waals surface area contributed by atoms with Gasteiger partial charge in [-0.1, -0.05) is 22.0 Å². The number of rotatable bonds is 7. The van der Waals surface area contributed by atoms with Crippen molar-refractivity contribution in [3.8, 4) is 5.75 Å². The second kappa shape index (κ2) is 8.05. The van der Waals surface area contributed by atoms with Gasteiger partial charge in [0, 0.05) is 11.6 Å². The standard InChI is InChI=1S/C11H14BrNO4/c1-15-5-6-17-13-11(14)8-16-10-4-2-3-9(12)7-10/h2-4,7H,5-6,8H2,1H3,(H,13,14). The van der Waals surface area contributed by atoms with Crippen molar-refractivity contribution < 1.29 is 19.1 Å². The number of nitrogens with one attached hydrogen (secondary N) is 1. The summed E-state index contributed by atoms with van der Waals surface area (Å²) in [5.41, 5.74) is 2.25. The van der Waals surface area contributed by atoms with Crippen molar-refractivity contribution in [3.63, 3.8) is 0 Å². The van der Waals surface area contributed by atoms with Crippen LogP contribution < -0.4 is 10.2 Å². The first kappa shape index (κ1) is 14.0. The molecule has 0 aliphatic heterocycles. The minimum Gasteiger partial charge on any atom is -0.484 e. The van der Waals surface area contributed by atoms with Gasteiger partial charge in [0.2, 0.25) is 0 Å². The lowest BCUT2D eigenvalue weighted by Gasteiger charge is -2.07. The molecule has 94 valence electrons. The summed E-state index contributed by atoms with van der Waals surface area (Å²) in [5, 5.41) is 0. The van der Waals surface area contributed by atoms with E-state index in [1.807, 2.05) is 12.1 Å². The second-order valence-corrected chi connectivity index (χ2v) is 4.03. The molecule has 17 heavy (non-hydrogen) atoms. The smallest absolute Gasteiger partial charge is 0.281 e. The number of benzene rings is 1. The first-order chi connectivity index (χ1) is 8.22. The summed E-state index contributed by atoms with van der Waals surface area (Å²) in [4.78, 5) is 16.1. The molecule has 1 rings (SSSR count). The van der Waals surface area contributed by atoms with Gasteiger partial charge in [-0.2, -0.15) is 0 Å². The molecule has 0 aliphatic carbocycles. The fourth-order valence-corrected chi connectivity index (χ4v) is 1.37. The molecule has 0 saturated carbocycles. The average Bonchev–Trinajstić information content (AvgIpc) is 2.32. The molecule has 1 aromatic carbocycles. The largest absolute Gasteiger partial charge is 0.484 e. The van der Waals surface area contributed by atoms with E-state index in [-0.39, 0.29) is 12.5 Å². The molecule has 0 spiro atoms. The van der Waals surface area contributed by atoms with Crippen molar-refractivity contribution in [2.45, 2.75) is 0 Å². The van der Waals surface area contributed by atoms with E-state index in [0.717, 1.165) is 4.47 Å². The molecular formula is C11H14BrNO4. The summed E-state index contributed by atoms with van der Waals surface area (Å²) < 4.78 is 10.9. The van der Waals surface area contributed by atoms with E-state index in [4.69, 9.17) is 14.3 Å². The summed E-state index contributed by atoms with van der Waals surface area (Å²) in [6, 6.07) is 7.25. The van der Waals surface area contributed by atoms with E-state index in [1.165, 1.54) is 0 Å². The third kappa shape index (κ3) is 6.25. The Morgan fingerprint density at radius 3 is 2.94 bits per heavy atom. The first-order valence-corrected chi connectivity index (χ1v) is 5.79. The minimum absolute atomic E-state index is 0.0938. The van der Waals surface area contributed by atoms with Gasteiger partial charge in [0.15, 0.2) is 6.61 Å². The van der Waals surface area contributed by atoms with E-state index < -0.39 is 0 Å². The number of carbonyl (C=O) groups excluding carboxylic acids is 1. The maximum atomic E-state index is 11.3. The lowest BCUT2D eigenvalue weighted by molar-refractivity contribution is -0.136. The highest BCUT2D eigenvalue weighted by atomic mass is 79.9. The molecule has 0 fully saturated rings. The Labute approximate surface area is 108 Å². The number of carbonyl (C=O) groups is 1. The Morgan fingerprint density at radius 2 is 2.24 bits per heavy atom. The number of amides is 1. The Kier molecular flexibility index (Phi) is 6.61. The van der Waals surface area contributed by atoms with Crippen molar-refractivity contribution in [2.24, 2.45) is 0 Å². The second-order valence-electron chi connectivity index (χ2n) is 3.11. The molecule has 0 radical (unpaired) electrons. The van der Waals surface area contributed by atoms with Crippen LogP contribution in [0.25, 0.3) is 0 Å². The van der Waals surface area contributed by atoms with Crippen LogP contribution >= 0.6 is 15.9 Å². The number of ether oxygens (including phenoxy) is 2. The zero-order valence-electron chi connectivity index (χ0n) is 9.44. The van der Waals surface area contributed by atoms with Crippen LogP contribution in [0.15, 0.2) is 28.7 Å². The number of hydrogen-bond donors (Lipinski definition) is 1. The summed E-state index contributed by atoms with van der Waals surface area (Å²) in [6.07, 6.45) is 0. The predicted octanol–water partition coefficient (Wildman–Crippen LogP) is 1.52. The van der Waals surface area contributed by atoms with Gasteiger partial charge in [0.25, 0.3) is 5.91 Å². The summed E-state index contributed by atoms with van der Waals surface area (Å²) in [5.74, 6) is 0.271. The van der Waals surface area contributed by atoms with E-state index in [2.05, 4.69) is 21.4 Å². The fourth-order valence-electron chi connectivity index (χ4n) is 0.992. The Bertz CT molecular complexity index is 359. The summed E-state index contributed by atoms with van der Waals surface area (Å²) >= 11 is 3.31. The van der Waals surface area contributed by atoms with Crippen LogP contribution in [0.3, 0.4) is 0 Å². The third-order valence-electron chi connectivity index (χ3n) is 1.74. The van der Waals surface area contributed by atoms with Gasteiger partial charge >= 0.3 is 0 Å². The Morgan fingerprint density at radius 1 is 1.41 bits per heavy atom. The van der Waals surface area contributed by atoms with Gasteiger partial charge < -0.3 is 9.47 Å². The highest BCUT2D eigenvalue weighted by molar-refractivity contribution is 9.10. The molecule has 0 atom stereocenters. The van der Waals surface area contributed by atoms with Gasteiger partial charge in [-0.05, 0) is 18.2 Å². The molecule has 5 nitrogen and oxygen atoms in total. The van der Waals surface area contributed by atoms with E-state index in [1.54, 1.807) is 19.2 Å². The Hall–Kier alpha value is -1.11. The quantitative estimate of drug-likeness (QED) is 0.613. The SMILES string of the molecule is COCCONC(=O)COc1cccc(Br)c1. The first-order valence-electron chi connectivity index (χ1n) is 5.00. The van der Waals surface area contributed by atoms with E-state index in [0.29, 0.717) is 19.0 Å². The van der Waals surface area contributed by atoms with Gasteiger partial charge in [0.1, 0.15) is 5.75 Å². The van der Waals surface area contributed by atoms with Crippen molar-refractivity contribution >= 4 is 21.8 Å². The van der Waals surface area contributed by atoms with Crippen LogP contribution in [-0.2, 0) is 14.4 Å². The number of hydroxylamine groups is 1. The van der Waals surface area contributed by atoms with Gasteiger partial charge in [-0.25, -0.2) is 5.48 Å². The normalized spacial score (nSPS) is 10.0. The molecule has 1 amide bonds. The molecule has 1 aromatic rings. The molecule has 0 aromatic heterocycles. The predicted molar refractivity (Wildman–Crippen MR) is 65.6 cm³/mol. The number of hydrogen-bond acceptors (Lipinski definition) is 4. The van der Waals surface area contributed by atoms with E-state index >= 15 is 0 Å².